The maximum absolute atomic E-state index is 12.6. The number of carbonyl (C=O) groups excluding carboxylic acids is 1. The molecule has 1 aromatic heterocycles. The molecule has 0 bridgehead atoms. The Kier molecular flexibility index (Phi) is 5.03. The lowest BCUT2D eigenvalue weighted by Gasteiger charge is -2.25. The molecule has 0 radical (unpaired) electrons. The molecule has 0 saturated heterocycles. The molecule has 1 atom stereocenters. The third kappa shape index (κ3) is 3.59. The minimum absolute atomic E-state index is 0.151. The number of para-hydroxylation sites is 2. The van der Waals surface area contributed by atoms with Crippen LogP contribution in [0.15, 0.2) is 48.7 Å². The second-order valence-corrected chi connectivity index (χ2v) is 6.98. The van der Waals surface area contributed by atoms with Crippen molar-refractivity contribution < 1.29 is 23.7 Å². The van der Waals surface area contributed by atoms with Gasteiger partial charge >= 0.3 is 0 Å². The fourth-order valence-corrected chi connectivity index (χ4v) is 3.63. The zero-order chi connectivity index (χ0) is 19.5. The molecule has 0 spiro atoms. The molecule has 0 unspecified atom stereocenters. The van der Waals surface area contributed by atoms with Crippen molar-refractivity contribution in [3.8, 4) is 33.6 Å². The number of anilines is 1. The van der Waals surface area contributed by atoms with Gasteiger partial charge in [0.2, 0.25) is 6.10 Å². The van der Waals surface area contributed by atoms with Crippen molar-refractivity contribution in [3.63, 3.8) is 0 Å². The molecule has 1 aliphatic heterocycles. The molecule has 4 rings (SSSR count). The molecular formula is C20H18N2O5S. The Morgan fingerprint density at radius 3 is 2.79 bits per heavy atom. The maximum atomic E-state index is 12.6. The number of benzene rings is 2. The van der Waals surface area contributed by atoms with Gasteiger partial charge in [0, 0.05) is 0 Å². The smallest absolute Gasteiger partial charge is 0.269 e. The molecule has 0 aliphatic carbocycles. The highest BCUT2D eigenvalue weighted by molar-refractivity contribution is 7.19. The molecular weight excluding hydrogens is 380 g/mol. The van der Waals surface area contributed by atoms with Gasteiger partial charge in [-0.15, -0.1) is 0 Å². The molecule has 28 heavy (non-hydrogen) atoms. The molecule has 2 heterocycles. The van der Waals surface area contributed by atoms with Gasteiger partial charge in [-0.05, 0) is 30.3 Å². The van der Waals surface area contributed by atoms with E-state index in [9.17, 15) is 4.79 Å². The summed E-state index contributed by atoms with van der Waals surface area (Å²) in [6.07, 6.45) is 0.876. The summed E-state index contributed by atoms with van der Waals surface area (Å²) in [5.41, 5.74) is 0.790. The summed E-state index contributed by atoms with van der Waals surface area (Å²) in [6, 6.07) is 12.7. The van der Waals surface area contributed by atoms with Crippen molar-refractivity contribution in [2.45, 2.75) is 6.10 Å². The number of fused-ring (bicyclic) bond motifs is 1. The number of rotatable bonds is 5. The third-order valence-corrected chi connectivity index (χ3v) is 5.14. The van der Waals surface area contributed by atoms with Gasteiger partial charge in [-0.3, -0.25) is 4.79 Å². The second kappa shape index (κ2) is 7.77. The Morgan fingerprint density at radius 1 is 1.18 bits per heavy atom. The standard InChI is InChI=1S/C20H18N2O5S/c1-24-12-7-8-14(25-2)13(9-12)20-21-10-18(28-20)22-19(23)17-11-26-15-5-3-4-6-16(15)27-17/h3-10,17H,11H2,1-2H3,(H,22,23)/t17-/m1/s1. The molecule has 3 aromatic rings. The number of methoxy groups -OCH3 is 2. The molecule has 2 aromatic carbocycles. The highest BCUT2D eigenvalue weighted by Gasteiger charge is 2.27. The van der Waals surface area contributed by atoms with Gasteiger partial charge in [0.25, 0.3) is 5.91 Å². The minimum atomic E-state index is -0.730. The highest BCUT2D eigenvalue weighted by Crippen LogP contribution is 2.37. The van der Waals surface area contributed by atoms with E-state index in [0.29, 0.717) is 33.0 Å². The van der Waals surface area contributed by atoms with Crippen molar-refractivity contribution in [1.29, 1.82) is 0 Å². The van der Waals surface area contributed by atoms with Gasteiger partial charge in [-0.25, -0.2) is 4.98 Å². The van der Waals surface area contributed by atoms with E-state index in [4.69, 9.17) is 18.9 Å². The first-order valence-electron chi connectivity index (χ1n) is 8.55. The van der Waals surface area contributed by atoms with Crippen molar-refractivity contribution >= 4 is 22.2 Å². The Labute approximate surface area is 165 Å². The maximum Gasteiger partial charge on any atom is 0.269 e. The number of ether oxygens (including phenoxy) is 4. The van der Waals surface area contributed by atoms with E-state index in [1.807, 2.05) is 30.3 Å². The van der Waals surface area contributed by atoms with Gasteiger partial charge < -0.3 is 24.3 Å². The van der Waals surface area contributed by atoms with Crippen LogP contribution >= 0.6 is 11.3 Å². The van der Waals surface area contributed by atoms with Crippen LogP contribution in [0.1, 0.15) is 0 Å². The number of hydrogen-bond acceptors (Lipinski definition) is 7. The largest absolute Gasteiger partial charge is 0.497 e. The average molecular weight is 398 g/mol. The zero-order valence-electron chi connectivity index (χ0n) is 15.3. The highest BCUT2D eigenvalue weighted by atomic mass is 32.1. The summed E-state index contributed by atoms with van der Waals surface area (Å²) in [7, 11) is 3.20. The van der Waals surface area contributed by atoms with Gasteiger partial charge in [0.1, 0.15) is 28.1 Å². The SMILES string of the molecule is COc1ccc(OC)c(-c2ncc(NC(=O)[C@H]3COc4ccccc4O3)s2)c1. The van der Waals surface area contributed by atoms with Crippen LogP contribution in [-0.4, -0.2) is 37.8 Å². The number of hydrogen-bond donors (Lipinski definition) is 1. The molecule has 1 aliphatic rings. The lowest BCUT2D eigenvalue weighted by atomic mass is 10.2. The first-order valence-corrected chi connectivity index (χ1v) is 9.37. The van der Waals surface area contributed by atoms with Crippen molar-refractivity contribution in [1.82, 2.24) is 4.98 Å². The van der Waals surface area contributed by atoms with E-state index in [2.05, 4.69) is 10.3 Å². The third-order valence-electron chi connectivity index (χ3n) is 4.19. The molecule has 0 fully saturated rings. The van der Waals surface area contributed by atoms with E-state index < -0.39 is 6.10 Å². The Balaban J connectivity index is 1.49. The van der Waals surface area contributed by atoms with Crippen LogP contribution in [0.5, 0.6) is 23.0 Å². The molecule has 1 amide bonds. The summed E-state index contributed by atoms with van der Waals surface area (Å²) >= 11 is 1.34. The topological polar surface area (TPSA) is 78.9 Å². The lowest BCUT2D eigenvalue weighted by Crippen LogP contribution is -2.40. The van der Waals surface area contributed by atoms with Crippen molar-refractivity contribution in [2.75, 3.05) is 26.1 Å². The summed E-state index contributed by atoms with van der Waals surface area (Å²) in [5, 5.41) is 4.15. The van der Waals surface area contributed by atoms with Crippen LogP contribution in [0.4, 0.5) is 5.00 Å². The first-order chi connectivity index (χ1) is 13.7. The van der Waals surface area contributed by atoms with Gasteiger partial charge in [0.05, 0.1) is 26.0 Å². The fraction of sp³-hybridized carbons (Fsp3) is 0.200. The monoisotopic (exact) mass is 398 g/mol. The van der Waals surface area contributed by atoms with E-state index in [0.717, 1.165) is 5.56 Å². The summed E-state index contributed by atoms with van der Waals surface area (Å²) in [6.45, 7) is 0.151. The fourth-order valence-electron chi connectivity index (χ4n) is 2.79. The number of nitrogens with zero attached hydrogens (tertiary/aromatic N) is 1. The molecule has 1 N–H and O–H groups in total. The van der Waals surface area contributed by atoms with E-state index in [1.165, 1.54) is 11.3 Å². The molecule has 7 nitrogen and oxygen atoms in total. The Hall–Kier alpha value is -3.26. The zero-order valence-corrected chi connectivity index (χ0v) is 16.1. The number of thiazole rings is 1. The minimum Gasteiger partial charge on any atom is -0.497 e. The molecule has 0 saturated carbocycles. The van der Waals surface area contributed by atoms with Crippen molar-refractivity contribution in [2.24, 2.45) is 0 Å². The number of aromatic nitrogens is 1. The summed E-state index contributed by atoms with van der Waals surface area (Å²) in [5.74, 6) is 2.27. The van der Waals surface area contributed by atoms with Crippen LogP contribution in [0.3, 0.4) is 0 Å². The summed E-state index contributed by atoms with van der Waals surface area (Å²) < 4.78 is 22.0. The van der Waals surface area contributed by atoms with Crippen molar-refractivity contribution in [3.05, 3.63) is 48.7 Å². The summed E-state index contributed by atoms with van der Waals surface area (Å²) in [4.78, 5) is 17.0. The lowest BCUT2D eigenvalue weighted by molar-refractivity contribution is -0.125. The van der Waals surface area contributed by atoms with Crippen LogP contribution in [0, 0.1) is 0 Å². The molecule has 144 valence electrons. The number of amides is 1. The van der Waals surface area contributed by atoms with E-state index in [1.54, 1.807) is 32.5 Å². The van der Waals surface area contributed by atoms with E-state index in [-0.39, 0.29) is 12.5 Å². The second-order valence-electron chi connectivity index (χ2n) is 5.95. The predicted molar refractivity (Wildman–Crippen MR) is 106 cm³/mol. The Morgan fingerprint density at radius 2 is 2.00 bits per heavy atom. The van der Waals surface area contributed by atoms with Crippen LogP contribution < -0.4 is 24.3 Å². The predicted octanol–water partition coefficient (Wildman–Crippen LogP) is 3.61. The number of carbonyl (C=O) groups is 1. The van der Waals surface area contributed by atoms with Gasteiger partial charge in [0.15, 0.2) is 11.5 Å². The molecule has 8 heteroatoms. The van der Waals surface area contributed by atoms with Crippen LogP contribution in [-0.2, 0) is 4.79 Å². The van der Waals surface area contributed by atoms with Gasteiger partial charge in [-0.2, -0.15) is 0 Å². The average Bonchev–Trinajstić information content (AvgIpc) is 3.21. The number of nitrogens with one attached hydrogen (secondary N) is 1. The normalized spacial score (nSPS) is 15.0. The van der Waals surface area contributed by atoms with Crippen LogP contribution in [0.25, 0.3) is 10.6 Å². The quantitative estimate of drug-likeness (QED) is 0.707. The Bertz CT molecular complexity index is 1000. The van der Waals surface area contributed by atoms with Crippen LogP contribution in [0.2, 0.25) is 0 Å². The van der Waals surface area contributed by atoms with Gasteiger partial charge in [-0.1, -0.05) is 23.5 Å². The first kappa shape index (κ1) is 18.1. The van der Waals surface area contributed by atoms with E-state index >= 15 is 0 Å².